The van der Waals surface area contributed by atoms with Crippen LogP contribution in [-0.4, -0.2) is 54.5 Å². The molecule has 1 amide bonds. The number of carbonyl (C=O) groups is 1. The van der Waals surface area contributed by atoms with E-state index in [4.69, 9.17) is 5.73 Å². The van der Waals surface area contributed by atoms with E-state index in [1.807, 2.05) is 0 Å². The Balaban J connectivity index is 1.53. The summed E-state index contributed by atoms with van der Waals surface area (Å²) in [5, 5.41) is 0. The van der Waals surface area contributed by atoms with Crippen molar-refractivity contribution in [3.05, 3.63) is 0 Å². The van der Waals surface area contributed by atoms with Gasteiger partial charge in [0.2, 0.25) is 5.91 Å². The Morgan fingerprint density at radius 2 is 1.84 bits per heavy atom. The second-order valence-corrected chi connectivity index (χ2v) is 6.57. The van der Waals surface area contributed by atoms with Gasteiger partial charge < -0.3 is 10.6 Å². The summed E-state index contributed by atoms with van der Waals surface area (Å²) in [5.41, 5.74) is 5.73. The van der Waals surface area contributed by atoms with E-state index in [0.29, 0.717) is 17.9 Å². The van der Waals surface area contributed by atoms with Crippen molar-refractivity contribution in [1.29, 1.82) is 0 Å². The molecule has 3 fully saturated rings. The van der Waals surface area contributed by atoms with Crippen molar-refractivity contribution < 1.29 is 4.79 Å². The Kier molecular flexibility index (Phi) is 4.08. The fourth-order valence-corrected chi connectivity index (χ4v) is 4.09. The maximum absolute atomic E-state index is 12.6. The Bertz CT molecular complexity index is 325. The molecule has 2 heterocycles. The van der Waals surface area contributed by atoms with E-state index in [1.165, 1.54) is 19.4 Å². The third-order valence-electron chi connectivity index (χ3n) is 5.43. The van der Waals surface area contributed by atoms with E-state index >= 15 is 0 Å². The van der Waals surface area contributed by atoms with Crippen LogP contribution in [0.5, 0.6) is 0 Å². The third-order valence-corrected chi connectivity index (χ3v) is 5.43. The fraction of sp³-hybridized carbons (Fsp3) is 0.933. The zero-order chi connectivity index (χ0) is 13.2. The van der Waals surface area contributed by atoms with Crippen LogP contribution in [0.15, 0.2) is 0 Å². The molecular weight excluding hydrogens is 238 g/mol. The van der Waals surface area contributed by atoms with E-state index in [-0.39, 0.29) is 5.92 Å². The monoisotopic (exact) mass is 265 g/mol. The first kappa shape index (κ1) is 13.4. The van der Waals surface area contributed by atoms with E-state index in [0.717, 1.165) is 51.9 Å². The van der Waals surface area contributed by atoms with Crippen LogP contribution in [0, 0.1) is 11.8 Å². The van der Waals surface area contributed by atoms with Crippen LogP contribution < -0.4 is 5.73 Å². The Hall–Kier alpha value is -0.610. The first-order valence-corrected chi connectivity index (χ1v) is 8.01. The molecular formula is C15H27N3O. The number of amides is 1. The van der Waals surface area contributed by atoms with Crippen LogP contribution in [0.1, 0.15) is 38.5 Å². The molecule has 4 nitrogen and oxygen atoms in total. The molecule has 1 unspecified atom stereocenters. The van der Waals surface area contributed by atoms with Crippen LogP contribution in [-0.2, 0) is 4.79 Å². The van der Waals surface area contributed by atoms with Gasteiger partial charge in [-0.05, 0) is 57.5 Å². The Labute approximate surface area is 116 Å². The predicted molar refractivity (Wildman–Crippen MR) is 75.7 cm³/mol. The van der Waals surface area contributed by atoms with Crippen molar-refractivity contribution in [2.24, 2.45) is 17.6 Å². The quantitative estimate of drug-likeness (QED) is 0.812. The molecule has 0 aromatic carbocycles. The first-order chi connectivity index (χ1) is 9.28. The van der Waals surface area contributed by atoms with Crippen molar-refractivity contribution in [2.45, 2.75) is 44.6 Å². The third kappa shape index (κ3) is 2.79. The van der Waals surface area contributed by atoms with Gasteiger partial charge in [0.05, 0.1) is 0 Å². The molecule has 0 radical (unpaired) electrons. The molecule has 19 heavy (non-hydrogen) atoms. The highest BCUT2D eigenvalue weighted by atomic mass is 16.2. The van der Waals surface area contributed by atoms with Gasteiger partial charge in [0, 0.05) is 31.6 Å². The summed E-state index contributed by atoms with van der Waals surface area (Å²) in [7, 11) is 0. The Morgan fingerprint density at radius 3 is 2.58 bits per heavy atom. The minimum atomic E-state index is 0.288. The second kappa shape index (κ2) is 5.80. The van der Waals surface area contributed by atoms with E-state index in [2.05, 4.69) is 9.80 Å². The van der Waals surface area contributed by atoms with E-state index in [9.17, 15) is 4.79 Å². The number of piperazine rings is 1. The highest BCUT2D eigenvalue weighted by Gasteiger charge is 2.35. The molecule has 2 aliphatic heterocycles. The van der Waals surface area contributed by atoms with Crippen LogP contribution in [0.25, 0.3) is 0 Å². The maximum Gasteiger partial charge on any atom is 0.225 e. The summed E-state index contributed by atoms with van der Waals surface area (Å²) < 4.78 is 0. The summed E-state index contributed by atoms with van der Waals surface area (Å²) in [4.78, 5) is 17.3. The molecule has 2 saturated heterocycles. The molecule has 0 aromatic rings. The van der Waals surface area contributed by atoms with E-state index < -0.39 is 0 Å². The first-order valence-electron chi connectivity index (χ1n) is 8.01. The van der Waals surface area contributed by atoms with Crippen molar-refractivity contribution in [3.8, 4) is 0 Å². The zero-order valence-corrected chi connectivity index (χ0v) is 11.9. The van der Waals surface area contributed by atoms with Crippen LogP contribution in [0.4, 0.5) is 0 Å². The van der Waals surface area contributed by atoms with Crippen LogP contribution in [0.3, 0.4) is 0 Å². The molecule has 2 N–H and O–H groups in total. The van der Waals surface area contributed by atoms with Crippen LogP contribution in [0.2, 0.25) is 0 Å². The zero-order valence-electron chi connectivity index (χ0n) is 11.9. The topological polar surface area (TPSA) is 49.6 Å². The standard InChI is InChI=1S/C15H27N3O/c16-10-12-3-5-13(6-4-12)15(19)18-9-8-17-7-1-2-14(17)11-18/h12-14H,1-11,16H2. The number of fused-ring (bicyclic) bond motifs is 1. The van der Waals surface area contributed by atoms with Gasteiger partial charge in [0.25, 0.3) is 0 Å². The van der Waals surface area contributed by atoms with Crippen molar-refractivity contribution in [2.75, 3.05) is 32.7 Å². The van der Waals surface area contributed by atoms with Gasteiger partial charge in [-0.1, -0.05) is 0 Å². The van der Waals surface area contributed by atoms with Gasteiger partial charge in [-0.3, -0.25) is 9.69 Å². The number of nitrogens with two attached hydrogens (primary N) is 1. The summed E-state index contributed by atoms with van der Waals surface area (Å²) in [6.45, 7) is 5.06. The van der Waals surface area contributed by atoms with E-state index in [1.54, 1.807) is 0 Å². The predicted octanol–water partition coefficient (Wildman–Crippen LogP) is 1.06. The number of rotatable bonds is 2. The summed E-state index contributed by atoms with van der Waals surface area (Å²) in [5.74, 6) is 1.38. The SMILES string of the molecule is NCC1CCC(C(=O)N2CCN3CCCC3C2)CC1. The molecule has 1 saturated carbocycles. The van der Waals surface area contributed by atoms with Crippen molar-refractivity contribution >= 4 is 5.91 Å². The van der Waals surface area contributed by atoms with Gasteiger partial charge >= 0.3 is 0 Å². The van der Waals surface area contributed by atoms with Crippen molar-refractivity contribution in [1.82, 2.24) is 9.80 Å². The number of carbonyl (C=O) groups excluding carboxylic acids is 1. The second-order valence-electron chi connectivity index (χ2n) is 6.57. The highest BCUT2D eigenvalue weighted by Crippen LogP contribution is 2.30. The lowest BCUT2D eigenvalue weighted by molar-refractivity contribution is -0.139. The van der Waals surface area contributed by atoms with Gasteiger partial charge in [-0.15, -0.1) is 0 Å². The number of hydrogen-bond donors (Lipinski definition) is 1. The lowest BCUT2D eigenvalue weighted by Crippen LogP contribution is -2.53. The van der Waals surface area contributed by atoms with Gasteiger partial charge in [-0.2, -0.15) is 0 Å². The molecule has 3 aliphatic rings. The molecule has 1 aliphatic carbocycles. The normalized spacial score (nSPS) is 36.3. The largest absolute Gasteiger partial charge is 0.340 e. The molecule has 108 valence electrons. The van der Waals surface area contributed by atoms with Crippen molar-refractivity contribution in [3.63, 3.8) is 0 Å². The van der Waals surface area contributed by atoms with Gasteiger partial charge in [-0.25, -0.2) is 0 Å². The summed E-state index contributed by atoms with van der Waals surface area (Å²) >= 11 is 0. The smallest absolute Gasteiger partial charge is 0.225 e. The summed E-state index contributed by atoms with van der Waals surface area (Å²) in [6, 6.07) is 0.651. The highest BCUT2D eigenvalue weighted by molar-refractivity contribution is 5.79. The minimum absolute atomic E-state index is 0.288. The molecule has 0 aromatic heterocycles. The lowest BCUT2D eigenvalue weighted by atomic mass is 9.81. The van der Waals surface area contributed by atoms with Crippen LogP contribution >= 0.6 is 0 Å². The fourth-order valence-electron chi connectivity index (χ4n) is 4.09. The molecule has 0 spiro atoms. The van der Waals surface area contributed by atoms with Gasteiger partial charge in [0.15, 0.2) is 0 Å². The molecule has 0 bridgehead atoms. The maximum atomic E-state index is 12.6. The number of nitrogens with zero attached hydrogens (tertiary/aromatic N) is 2. The molecule has 4 heteroatoms. The minimum Gasteiger partial charge on any atom is -0.340 e. The Morgan fingerprint density at radius 1 is 1.05 bits per heavy atom. The average Bonchev–Trinajstić information content (AvgIpc) is 2.94. The summed E-state index contributed by atoms with van der Waals surface area (Å²) in [6.07, 6.45) is 7.02. The number of hydrogen-bond acceptors (Lipinski definition) is 3. The lowest BCUT2D eigenvalue weighted by Gasteiger charge is -2.40. The van der Waals surface area contributed by atoms with Gasteiger partial charge in [0.1, 0.15) is 0 Å². The molecule has 1 atom stereocenters. The molecule has 3 rings (SSSR count). The average molecular weight is 265 g/mol.